The Morgan fingerprint density at radius 3 is 2.79 bits per heavy atom. The van der Waals surface area contributed by atoms with Crippen LogP contribution in [0.15, 0.2) is 12.3 Å². The SMILES string of the molecule is Cc1nccc(N2CCC(Br)CC2)n1. The van der Waals surface area contributed by atoms with Crippen molar-refractivity contribution in [2.24, 2.45) is 0 Å². The van der Waals surface area contributed by atoms with Crippen LogP contribution in [-0.4, -0.2) is 27.9 Å². The summed E-state index contributed by atoms with van der Waals surface area (Å²) in [4.78, 5) is 11.5. The largest absolute Gasteiger partial charge is 0.356 e. The Hall–Kier alpha value is -0.640. The lowest BCUT2D eigenvalue weighted by Gasteiger charge is -2.30. The number of rotatable bonds is 1. The minimum absolute atomic E-state index is 0.682. The third-order valence-electron chi connectivity index (χ3n) is 2.51. The lowest BCUT2D eigenvalue weighted by molar-refractivity contribution is 0.591. The van der Waals surface area contributed by atoms with E-state index >= 15 is 0 Å². The molecule has 4 heteroatoms. The maximum atomic E-state index is 4.42. The van der Waals surface area contributed by atoms with Crippen LogP contribution >= 0.6 is 15.9 Å². The van der Waals surface area contributed by atoms with Gasteiger partial charge in [-0.3, -0.25) is 0 Å². The molecular formula is C10H14BrN3. The van der Waals surface area contributed by atoms with Crippen LogP contribution in [0.5, 0.6) is 0 Å². The van der Waals surface area contributed by atoms with Crippen molar-refractivity contribution in [1.29, 1.82) is 0 Å². The third-order valence-corrected chi connectivity index (χ3v) is 3.43. The fourth-order valence-electron chi connectivity index (χ4n) is 1.70. The second-order valence-electron chi connectivity index (χ2n) is 3.62. The summed E-state index contributed by atoms with van der Waals surface area (Å²) < 4.78 is 0. The van der Waals surface area contributed by atoms with E-state index in [9.17, 15) is 0 Å². The van der Waals surface area contributed by atoms with Gasteiger partial charge in [-0.05, 0) is 25.8 Å². The normalized spacial score (nSPS) is 18.6. The number of nitrogens with zero attached hydrogens (tertiary/aromatic N) is 3. The van der Waals surface area contributed by atoms with E-state index in [1.54, 1.807) is 0 Å². The number of hydrogen-bond donors (Lipinski definition) is 0. The highest BCUT2D eigenvalue weighted by atomic mass is 79.9. The van der Waals surface area contributed by atoms with Crippen molar-refractivity contribution < 1.29 is 0 Å². The Balaban J connectivity index is 2.08. The molecule has 1 aromatic heterocycles. The molecular weight excluding hydrogens is 242 g/mol. The molecule has 76 valence electrons. The molecule has 0 radical (unpaired) electrons. The van der Waals surface area contributed by atoms with E-state index in [0.29, 0.717) is 4.83 Å². The van der Waals surface area contributed by atoms with Crippen molar-refractivity contribution in [3.05, 3.63) is 18.1 Å². The molecule has 1 aromatic rings. The molecule has 1 aliphatic heterocycles. The topological polar surface area (TPSA) is 29.0 Å². The molecule has 0 saturated carbocycles. The summed E-state index contributed by atoms with van der Waals surface area (Å²) in [6.45, 7) is 4.11. The van der Waals surface area contributed by atoms with Crippen LogP contribution in [0, 0.1) is 6.92 Å². The summed E-state index contributed by atoms with van der Waals surface area (Å²) in [7, 11) is 0. The van der Waals surface area contributed by atoms with E-state index in [1.807, 2.05) is 19.2 Å². The molecule has 0 N–H and O–H groups in total. The molecule has 14 heavy (non-hydrogen) atoms. The molecule has 1 saturated heterocycles. The second-order valence-corrected chi connectivity index (χ2v) is 4.92. The van der Waals surface area contributed by atoms with Crippen LogP contribution < -0.4 is 4.90 Å². The quantitative estimate of drug-likeness (QED) is 0.721. The van der Waals surface area contributed by atoms with Crippen LogP contribution in [0.25, 0.3) is 0 Å². The van der Waals surface area contributed by atoms with Crippen molar-refractivity contribution in [3.8, 4) is 0 Å². The molecule has 0 spiro atoms. The van der Waals surface area contributed by atoms with E-state index in [2.05, 4.69) is 30.8 Å². The first kappa shape index (κ1) is 9.90. The molecule has 1 fully saturated rings. The number of anilines is 1. The Morgan fingerprint density at radius 2 is 2.14 bits per heavy atom. The maximum absolute atomic E-state index is 4.42. The van der Waals surface area contributed by atoms with Crippen molar-refractivity contribution in [2.75, 3.05) is 18.0 Å². The molecule has 0 aliphatic carbocycles. The van der Waals surface area contributed by atoms with E-state index in [0.717, 1.165) is 24.7 Å². The van der Waals surface area contributed by atoms with Crippen LogP contribution in [0.2, 0.25) is 0 Å². The van der Waals surface area contributed by atoms with Gasteiger partial charge in [-0.1, -0.05) is 15.9 Å². The average Bonchev–Trinajstić information content (AvgIpc) is 2.19. The average molecular weight is 256 g/mol. The number of alkyl halides is 1. The fourth-order valence-corrected chi connectivity index (χ4v) is 2.11. The van der Waals surface area contributed by atoms with Gasteiger partial charge in [0, 0.05) is 24.1 Å². The van der Waals surface area contributed by atoms with Gasteiger partial charge in [-0.25, -0.2) is 9.97 Å². The number of hydrogen-bond acceptors (Lipinski definition) is 3. The zero-order valence-electron chi connectivity index (χ0n) is 8.28. The molecule has 2 heterocycles. The van der Waals surface area contributed by atoms with Crippen LogP contribution in [0.3, 0.4) is 0 Å². The summed E-state index contributed by atoms with van der Waals surface area (Å²) in [6, 6.07) is 1.99. The zero-order chi connectivity index (χ0) is 9.97. The molecule has 1 aliphatic rings. The Bertz CT molecular complexity index is 308. The predicted octanol–water partition coefficient (Wildman–Crippen LogP) is 2.15. The number of piperidine rings is 1. The molecule has 3 nitrogen and oxygen atoms in total. The molecule has 0 bridgehead atoms. The lowest BCUT2D eigenvalue weighted by Crippen LogP contribution is -2.34. The van der Waals surface area contributed by atoms with Crippen molar-refractivity contribution >= 4 is 21.7 Å². The number of aryl methyl sites for hydroxylation is 1. The van der Waals surface area contributed by atoms with Gasteiger partial charge in [0.1, 0.15) is 11.6 Å². The smallest absolute Gasteiger partial charge is 0.132 e. The maximum Gasteiger partial charge on any atom is 0.132 e. The van der Waals surface area contributed by atoms with Gasteiger partial charge >= 0.3 is 0 Å². The minimum Gasteiger partial charge on any atom is -0.356 e. The van der Waals surface area contributed by atoms with Crippen molar-refractivity contribution in [3.63, 3.8) is 0 Å². The van der Waals surface area contributed by atoms with Gasteiger partial charge < -0.3 is 4.90 Å². The van der Waals surface area contributed by atoms with Gasteiger partial charge in [0.2, 0.25) is 0 Å². The van der Waals surface area contributed by atoms with Gasteiger partial charge in [0.25, 0.3) is 0 Å². The van der Waals surface area contributed by atoms with Gasteiger partial charge in [0.15, 0.2) is 0 Å². The summed E-state index contributed by atoms with van der Waals surface area (Å²) in [5, 5.41) is 0. The Kier molecular flexibility index (Phi) is 3.01. The lowest BCUT2D eigenvalue weighted by atomic mass is 10.1. The minimum atomic E-state index is 0.682. The van der Waals surface area contributed by atoms with E-state index < -0.39 is 0 Å². The number of aromatic nitrogens is 2. The Morgan fingerprint density at radius 1 is 1.43 bits per heavy atom. The van der Waals surface area contributed by atoms with Crippen molar-refractivity contribution in [1.82, 2.24) is 9.97 Å². The van der Waals surface area contributed by atoms with E-state index in [4.69, 9.17) is 0 Å². The Labute approximate surface area is 92.7 Å². The van der Waals surface area contributed by atoms with Gasteiger partial charge in [0.05, 0.1) is 0 Å². The molecule has 2 rings (SSSR count). The summed E-state index contributed by atoms with van der Waals surface area (Å²) in [5.41, 5.74) is 0. The monoisotopic (exact) mass is 255 g/mol. The molecule has 0 aromatic carbocycles. The predicted molar refractivity (Wildman–Crippen MR) is 60.9 cm³/mol. The molecule has 0 amide bonds. The van der Waals surface area contributed by atoms with Gasteiger partial charge in [-0.15, -0.1) is 0 Å². The molecule has 0 atom stereocenters. The first-order valence-corrected chi connectivity index (χ1v) is 5.86. The highest BCUT2D eigenvalue weighted by Gasteiger charge is 2.17. The summed E-state index contributed by atoms with van der Waals surface area (Å²) >= 11 is 3.64. The van der Waals surface area contributed by atoms with Crippen molar-refractivity contribution in [2.45, 2.75) is 24.6 Å². The van der Waals surface area contributed by atoms with Crippen LogP contribution in [0.1, 0.15) is 18.7 Å². The second kappa shape index (κ2) is 4.26. The molecule has 0 unspecified atom stereocenters. The van der Waals surface area contributed by atoms with Gasteiger partial charge in [-0.2, -0.15) is 0 Å². The summed E-state index contributed by atoms with van der Waals surface area (Å²) in [6.07, 6.45) is 4.23. The third kappa shape index (κ3) is 2.23. The number of halogens is 1. The van der Waals surface area contributed by atoms with E-state index in [-0.39, 0.29) is 0 Å². The zero-order valence-corrected chi connectivity index (χ0v) is 9.87. The van der Waals surface area contributed by atoms with Crippen LogP contribution in [-0.2, 0) is 0 Å². The highest BCUT2D eigenvalue weighted by Crippen LogP contribution is 2.21. The first-order valence-electron chi connectivity index (χ1n) is 4.94. The van der Waals surface area contributed by atoms with E-state index in [1.165, 1.54) is 12.8 Å². The standard InChI is InChI=1S/C10H14BrN3/c1-8-12-5-2-10(13-8)14-6-3-9(11)4-7-14/h2,5,9H,3-4,6-7H2,1H3. The first-order chi connectivity index (χ1) is 6.75. The fraction of sp³-hybridized carbons (Fsp3) is 0.600. The summed E-state index contributed by atoms with van der Waals surface area (Å²) in [5.74, 6) is 1.92. The highest BCUT2D eigenvalue weighted by molar-refractivity contribution is 9.09. The van der Waals surface area contributed by atoms with Crippen LogP contribution in [0.4, 0.5) is 5.82 Å².